The van der Waals surface area contributed by atoms with Crippen LogP contribution in [0.1, 0.15) is 43.2 Å². The van der Waals surface area contributed by atoms with Gasteiger partial charge in [-0.15, -0.1) is 0 Å². The quantitative estimate of drug-likeness (QED) is 0.432. The van der Waals surface area contributed by atoms with Crippen molar-refractivity contribution in [1.29, 1.82) is 0 Å². The van der Waals surface area contributed by atoms with E-state index in [2.05, 4.69) is 10.3 Å². The highest BCUT2D eigenvalue weighted by molar-refractivity contribution is 7.89. The highest BCUT2D eigenvalue weighted by atomic mass is 32.2. The van der Waals surface area contributed by atoms with Crippen molar-refractivity contribution in [3.8, 4) is 0 Å². The van der Waals surface area contributed by atoms with Gasteiger partial charge in [0.1, 0.15) is 0 Å². The average molecular weight is 498 g/mol. The van der Waals surface area contributed by atoms with Crippen LogP contribution in [-0.4, -0.2) is 49.3 Å². The highest BCUT2D eigenvalue weighted by Gasteiger charge is 2.27. The van der Waals surface area contributed by atoms with E-state index in [0.29, 0.717) is 30.8 Å². The second-order valence-electron chi connectivity index (χ2n) is 8.87. The fourth-order valence-electron chi connectivity index (χ4n) is 4.38. The number of piperidine rings is 1. The molecule has 9 heteroatoms. The van der Waals surface area contributed by atoms with Crippen molar-refractivity contribution in [1.82, 2.24) is 9.29 Å². The first kappa shape index (κ1) is 24.9. The Morgan fingerprint density at radius 3 is 2.66 bits per heavy atom. The monoisotopic (exact) mass is 497 g/mol. The van der Waals surface area contributed by atoms with Crippen molar-refractivity contribution in [2.45, 2.75) is 50.3 Å². The molecule has 0 unspecified atom stereocenters. The third kappa shape index (κ3) is 6.10. The van der Waals surface area contributed by atoms with Crippen LogP contribution < -0.4 is 5.32 Å². The largest absolute Gasteiger partial charge is 0.456 e. The Labute approximate surface area is 205 Å². The van der Waals surface area contributed by atoms with Crippen LogP contribution in [0.5, 0.6) is 0 Å². The van der Waals surface area contributed by atoms with Crippen molar-refractivity contribution in [3.63, 3.8) is 0 Å². The number of aryl methyl sites for hydroxylation is 2. The smallest absolute Gasteiger partial charge is 0.306 e. The number of amides is 1. The topological polar surface area (TPSA) is 109 Å². The van der Waals surface area contributed by atoms with Crippen LogP contribution in [0.25, 0.3) is 10.9 Å². The number of hydrogen-bond donors (Lipinski definition) is 2. The van der Waals surface area contributed by atoms with E-state index in [1.165, 1.54) is 10.4 Å². The molecule has 4 rings (SSSR count). The molecule has 1 aromatic heterocycles. The molecule has 1 fully saturated rings. The van der Waals surface area contributed by atoms with E-state index in [0.717, 1.165) is 42.1 Å². The Morgan fingerprint density at radius 1 is 1.09 bits per heavy atom. The third-order valence-electron chi connectivity index (χ3n) is 6.27. The maximum absolute atomic E-state index is 13.1. The van der Waals surface area contributed by atoms with Crippen molar-refractivity contribution < 1.29 is 22.7 Å². The fraction of sp³-hybridized carbons (Fsp3) is 0.385. The lowest BCUT2D eigenvalue weighted by atomic mass is 10.1. The van der Waals surface area contributed by atoms with E-state index in [1.807, 2.05) is 30.5 Å². The van der Waals surface area contributed by atoms with Gasteiger partial charge in [0.25, 0.3) is 5.91 Å². The van der Waals surface area contributed by atoms with E-state index in [1.54, 1.807) is 19.1 Å². The number of nitrogens with one attached hydrogen (secondary N) is 2. The average Bonchev–Trinajstić information content (AvgIpc) is 3.27. The summed E-state index contributed by atoms with van der Waals surface area (Å²) < 4.78 is 32.7. The number of carbonyl (C=O) groups excluding carboxylic acids is 2. The SMILES string of the molecule is Cc1ccc(NC(=O)COC(=O)CCCc2c[nH]c3ccccc23)cc1S(=O)(=O)N1CCCCC1. The molecule has 0 radical (unpaired) electrons. The van der Waals surface area contributed by atoms with Gasteiger partial charge in [-0.2, -0.15) is 4.31 Å². The van der Waals surface area contributed by atoms with Crippen LogP contribution in [-0.2, 0) is 30.8 Å². The number of esters is 1. The Balaban J connectivity index is 1.26. The second-order valence-corrected chi connectivity index (χ2v) is 10.8. The first-order valence-corrected chi connectivity index (χ1v) is 13.4. The van der Waals surface area contributed by atoms with Gasteiger partial charge in [0.15, 0.2) is 6.61 Å². The van der Waals surface area contributed by atoms with Crippen molar-refractivity contribution in [2.24, 2.45) is 0 Å². The summed E-state index contributed by atoms with van der Waals surface area (Å²) in [4.78, 5) is 27.8. The first-order valence-electron chi connectivity index (χ1n) is 12.0. The van der Waals surface area contributed by atoms with Gasteiger partial charge in [-0.3, -0.25) is 9.59 Å². The minimum atomic E-state index is -3.63. The molecular weight excluding hydrogens is 466 g/mol. The molecule has 0 saturated carbocycles. The third-order valence-corrected chi connectivity index (χ3v) is 8.31. The van der Waals surface area contributed by atoms with Crippen molar-refractivity contribution in [3.05, 3.63) is 59.8 Å². The molecule has 8 nitrogen and oxygen atoms in total. The van der Waals surface area contributed by atoms with E-state index in [4.69, 9.17) is 4.74 Å². The molecule has 0 bridgehead atoms. The molecule has 0 spiro atoms. The zero-order chi connectivity index (χ0) is 24.8. The number of H-pyrrole nitrogens is 1. The first-order chi connectivity index (χ1) is 16.8. The maximum atomic E-state index is 13.1. The van der Waals surface area contributed by atoms with Crippen LogP contribution in [0.4, 0.5) is 5.69 Å². The number of aromatic nitrogens is 1. The predicted octanol–water partition coefficient (Wildman–Crippen LogP) is 4.16. The summed E-state index contributed by atoms with van der Waals surface area (Å²) >= 11 is 0. The summed E-state index contributed by atoms with van der Waals surface area (Å²) in [7, 11) is -3.63. The summed E-state index contributed by atoms with van der Waals surface area (Å²) in [6, 6.07) is 12.8. The standard InChI is InChI=1S/C26H31N3O5S/c1-19-12-13-21(16-24(19)35(32,33)29-14-5-2-6-15-29)28-25(30)18-34-26(31)11-7-8-20-17-27-23-10-4-3-9-22(20)23/h3-4,9-10,12-13,16-17,27H,2,5-8,11,14-15,18H2,1H3,(H,28,30). The van der Waals surface area contributed by atoms with Crippen LogP contribution in [0.2, 0.25) is 0 Å². The zero-order valence-corrected chi connectivity index (χ0v) is 20.7. The number of carbonyl (C=O) groups is 2. The molecule has 2 heterocycles. The number of para-hydroxylation sites is 1. The van der Waals surface area contributed by atoms with Crippen LogP contribution in [0.15, 0.2) is 53.6 Å². The van der Waals surface area contributed by atoms with Gasteiger partial charge in [-0.25, -0.2) is 8.42 Å². The number of benzene rings is 2. The molecule has 35 heavy (non-hydrogen) atoms. The number of aromatic amines is 1. The zero-order valence-electron chi connectivity index (χ0n) is 19.9. The molecule has 0 aliphatic carbocycles. The number of sulfonamides is 1. The molecule has 1 aliphatic heterocycles. The minimum Gasteiger partial charge on any atom is -0.456 e. The molecule has 1 aliphatic rings. The summed E-state index contributed by atoms with van der Waals surface area (Å²) in [5.74, 6) is -0.961. The number of nitrogens with zero attached hydrogens (tertiary/aromatic N) is 1. The number of anilines is 1. The van der Waals surface area contributed by atoms with Gasteiger partial charge in [-0.05, 0) is 61.9 Å². The van der Waals surface area contributed by atoms with Crippen LogP contribution >= 0.6 is 0 Å². The van der Waals surface area contributed by atoms with Crippen molar-refractivity contribution >= 4 is 38.5 Å². The summed E-state index contributed by atoms with van der Waals surface area (Å²) in [6.07, 6.45) is 6.22. The molecule has 186 valence electrons. The van der Waals surface area contributed by atoms with Gasteiger partial charge in [0, 0.05) is 42.3 Å². The molecule has 1 saturated heterocycles. The second kappa shape index (κ2) is 11.0. The van der Waals surface area contributed by atoms with Crippen molar-refractivity contribution in [2.75, 3.05) is 25.0 Å². The van der Waals surface area contributed by atoms with Gasteiger partial charge >= 0.3 is 5.97 Å². The molecule has 2 aromatic carbocycles. The molecular formula is C26H31N3O5S. The summed E-state index contributed by atoms with van der Waals surface area (Å²) in [5.41, 5.74) is 3.17. The summed E-state index contributed by atoms with van der Waals surface area (Å²) in [6.45, 7) is 2.33. The maximum Gasteiger partial charge on any atom is 0.306 e. The number of fused-ring (bicyclic) bond motifs is 1. The van der Waals surface area contributed by atoms with Crippen LogP contribution in [0, 0.1) is 6.92 Å². The van der Waals surface area contributed by atoms with Gasteiger partial charge in [-0.1, -0.05) is 30.7 Å². The highest BCUT2D eigenvalue weighted by Crippen LogP contribution is 2.26. The molecule has 2 N–H and O–H groups in total. The number of hydrogen-bond acceptors (Lipinski definition) is 5. The number of ether oxygens (including phenoxy) is 1. The van der Waals surface area contributed by atoms with E-state index < -0.39 is 28.5 Å². The van der Waals surface area contributed by atoms with E-state index in [9.17, 15) is 18.0 Å². The normalized spacial score (nSPS) is 14.7. The minimum absolute atomic E-state index is 0.187. The Hall–Kier alpha value is -3.17. The van der Waals surface area contributed by atoms with Gasteiger partial charge in [0.05, 0.1) is 4.90 Å². The lowest BCUT2D eigenvalue weighted by molar-refractivity contribution is -0.147. The van der Waals surface area contributed by atoms with Crippen LogP contribution in [0.3, 0.4) is 0 Å². The van der Waals surface area contributed by atoms with Gasteiger partial charge in [0.2, 0.25) is 10.0 Å². The predicted molar refractivity (Wildman–Crippen MR) is 135 cm³/mol. The fourth-order valence-corrected chi connectivity index (χ4v) is 6.14. The van der Waals surface area contributed by atoms with Gasteiger partial charge < -0.3 is 15.0 Å². The Kier molecular flexibility index (Phi) is 7.87. The molecule has 3 aromatic rings. The Bertz CT molecular complexity index is 1310. The summed E-state index contributed by atoms with van der Waals surface area (Å²) in [5, 5.41) is 3.77. The number of rotatable bonds is 9. The lowest BCUT2D eigenvalue weighted by Gasteiger charge is -2.26. The molecule has 0 atom stereocenters. The Morgan fingerprint density at radius 2 is 1.86 bits per heavy atom. The van der Waals surface area contributed by atoms with E-state index >= 15 is 0 Å². The molecule has 1 amide bonds. The lowest BCUT2D eigenvalue weighted by Crippen LogP contribution is -2.36. The van der Waals surface area contributed by atoms with E-state index in [-0.39, 0.29) is 11.3 Å².